The molecular formula is C17H19N3O4. The van der Waals surface area contributed by atoms with Gasteiger partial charge in [-0.1, -0.05) is 25.1 Å². The maximum atomic E-state index is 12.7. The van der Waals surface area contributed by atoms with Crippen LogP contribution in [-0.2, 0) is 20.8 Å². The van der Waals surface area contributed by atoms with E-state index in [1.54, 1.807) is 4.90 Å². The maximum absolute atomic E-state index is 12.7. The van der Waals surface area contributed by atoms with Gasteiger partial charge in [-0.15, -0.1) is 0 Å². The highest BCUT2D eigenvalue weighted by Crippen LogP contribution is 2.32. The molecule has 2 aliphatic rings. The van der Waals surface area contributed by atoms with Crippen LogP contribution in [0.15, 0.2) is 24.3 Å². The molecule has 126 valence electrons. The summed E-state index contributed by atoms with van der Waals surface area (Å²) < 4.78 is 0. The smallest absolute Gasteiger partial charge is 0.307 e. The van der Waals surface area contributed by atoms with Crippen LogP contribution in [-0.4, -0.2) is 52.7 Å². The Morgan fingerprint density at radius 1 is 1.12 bits per heavy atom. The van der Waals surface area contributed by atoms with Crippen molar-refractivity contribution in [2.75, 3.05) is 18.0 Å². The first kappa shape index (κ1) is 16.2. The van der Waals surface area contributed by atoms with Crippen LogP contribution in [0, 0.1) is 0 Å². The molecule has 0 bridgehead atoms. The molecule has 1 aromatic carbocycles. The molecular weight excluding hydrogens is 310 g/mol. The fraction of sp³-hybridized carbons (Fsp3) is 0.412. The summed E-state index contributed by atoms with van der Waals surface area (Å²) >= 11 is 0. The number of rotatable bonds is 4. The second-order valence-corrected chi connectivity index (χ2v) is 6.08. The monoisotopic (exact) mass is 329 g/mol. The first-order valence-corrected chi connectivity index (χ1v) is 8.03. The first-order valence-electron chi connectivity index (χ1n) is 8.03. The van der Waals surface area contributed by atoms with Gasteiger partial charge in [-0.05, 0) is 31.4 Å². The van der Waals surface area contributed by atoms with Crippen LogP contribution in [0.1, 0.15) is 25.8 Å². The lowest BCUT2D eigenvalue weighted by atomic mass is 10.1. The molecule has 0 spiro atoms. The summed E-state index contributed by atoms with van der Waals surface area (Å²) in [6.07, 6.45) is 1.29. The van der Waals surface area contributed by atoms with E-state index < -0.39 is 24.4 Å². The number of imide groups is 2. The summed E-state index contributed by atoms with van der Waals surface area (Å²) in [5, 5.41) is 0. The van der Waals surface area contributed by atoms with E-state index in [9.17, 15) is 19.2 Å². The lowest BCUT2D eigenvalue weighted by molar-refractivity contribution is -0.143. The molecule has 1 atom stereocenters. The molecule has 0 N–H and O–H groups in total. The van der Waals surface area contributed by atoms with E-state index in [0.717, 1.165) is 27.5 Å². The predicted octanol–water partition coefficient (Wildman–Crippen LogP) is 1.16. The summed E-state index contributed by atoms with van der Waals surface area (Å²) in [7, 11) is 0. The number of carbonyl (C=O) groups excluding carboxylic acids is 4. The maximum Gasteiger partial charge on any atom is 0.334 e. The zero-order valence-electron chi connectivity index (χ0n) is 13.7. The number of amides is 5. The number of carbonyl (C=O) groups is 4. The molecule has 2 heterocycles. The van der Waals surface area contributed by atoms with Gasteiger partial charge in [0.25, 0.3) is 0 Å². The SMILES string of the molecule is CCCN1C(=O)C(=O)N(CC(=O)N2c3ccccc3C[C@H]2C)C1=O. The van der Waals surface area contributed by atoms with Crippen molar-refractivity contribution in [3.05, 3.63) is 29.8 Å². The number of nitrogens with zero attached hydrogens (tertiary/aromatic N) is 3. The molecule has 3 rings (SSSR count). The molecule has 0 aromatic heterocycles. The van der Waals surface area contributed by atoms with Crippen molar-refractivity contribution < 1.29 is 19.2 Å². The zero-order valence-corrected chi connectivity index (χ0v) is 13.7. The molecule has 0 radical (unpaired) electrons. The lowest BCUT2D eigenvalue weighted by Gasteiger charge is -2.24. The average molecular weight is 329 g/mol. The Bertz CT molecular complexity index is 730. The van der Waals surface area contributed by atoms with Gasteiger partial charge in [0.2, 0.25) is 5.91 Å². The fourth-order valence-electron chi connectivity index (χ4n) is 3.27. The molecule has 24 heavy (non-hydrogen) atoms. The van der Waals surface area contributed by atoms with Crippen molar-refractivity contribution in [1.82, 2.24) is 9.80 Å². The zero-order chi connectivity index (χ0) is 17.4. The summed E-state index contributed by atoms with van der Waals surface area (Å²) in [5.74, 6) is -2.15. The molecule has 0 aliphatic carbocycles. The molecule has 1 fully saturated rings. The summed E-state index contributed by atoms with van der Waals surface area (Å²) in [6.45, 7) is 3.49. The Hall–Kier alpha value is -2.70. The first-order chi connectivity index (χ1) is 11.5. The second kappa shape index (κ2) is 6.07. The fourth-order valence-corrected chi connectivity index (χ4v) is 3.27. The quantitative estimate of drug-likeness (QED) is 0.613. The summed E-state index contributed by atoms with van der Waals surface area (Å²) in [4.78, 5) is 52.1. The Morgan fingerprint density at radius 3 is 2.50 bits per heavy atom. The van der Waals surface area contributed by atoms with Gasteiger partial charge < -0.3 is 4.90 Å². The van der Waals surface area contributed by atoms with Crippen molar-refractivity contribution in [1.29, 1.82) is 0 Å². The van der Waals surface area contributed by atoms with Crippen molar-refractivity contribution >= 4 is 29.4 Å². The number of benzene rings is 1. The largest absolute Gasteiger partial charge is 0.334 e. The van der Waals surface area contributed by atoms with E-state index in [1.165, 1.54) is 0 Å². The van der Waals surface area contributed by atoms with E-state index in [1.807, 2.05) is 38.1 Å². The Kier molecular flexibility index (Phi) is 4.09. The molecule has 7 nitrogen and oxygen atoms in total. The third-order valence-electron chi connectivity index (χ3n) is 4.35. The van der Waals surface area contributed by atoms with Gasteiger partial charge in [0, 0.05) is 18.3 Å². The minimum atomic E-state index is -0.929. The van der Waals surface area contributed by atoms with E-state index in [-0.39, 0.29) is 18.5 Å². The van der Waals surface area contributed by atoms with Gasteiger partial charge in [0.1, 0.15) is 6.54 Å². The minimum Gasteiger partial charge on any atom is -0.307 e. The molecule has 1 saturated heterocycles. The Morgan fingerprint density at radius 2 is 1.79 bits per heavy atom. The second-order valence-electron chi connectivity index (χ2n) is 6.08. The highest BCUT2D eigenvalue weighted by molar-refractivity contribution is 6.45. The summed E-state index contributed by atoms with van der Waals surface area (Å²) in [6, 6.07) is 6.80. The minimum absolute atomic E-state index is 0.0508. The number of hydrogen-bond donors (Lipinski definition) is 0. The van der Waals surface area contributed by atoms with Crippen molar-refractivity contribution in [2.45, 2.75) is 32.7 Å². The van der Waals surface area contributed by atoms with Gasteiger partial charge in [-0.2, -0.15) is 0 Å². The highest BCUT2D eigenvalue weighted by Gasteiger charge is 2.45. The van der Waals surface area contributed by atoms with Crippen LogP contribution in [0.25, 0.3) is 0 Å². The van der Waals surface area contributed by atoms with E-state index >= 15 is 0 Å². The van der Waals surface area contributed by atoms with Gasteiger partial charge in [-0.3, -0.25) is 19.3 Å². The van der Waals surface area contributed by atoms with Gasteiger partial charge in [0.15, 0.2) is 0 Å². The standard InChI is InChI=1S/C17H19N3O4/c1-3-8-18-15(22)16(23)19(17(18)24)10-14(21)20-11(2)9-12-6-4-5-7-13(12)20/h4-7,11H,3,8-10H2,1-2H3/t11-/m1/s1. The van der Waals surface area contributed by atoms with Crippen molar-refractivity contribution in [3.8, 4) is 0 Å². The number of hydrogen-bond acceptors (Lipinski definition) is 4. The third kappa shape index (κ3) is 2.46. The molecule has 1 aromatic rings. The number of para-hydroxylation sites is 1. The van der Waals surface area contributed by atoms with Crippen LogP contribution in [0.2, 0.25) is 0 Å². The predicted molar refractivity (Wildman–Crippen MR) is 86.2 cm³/mol. The van der Waals surface area contributed by atoms with Gasteiger partial charge in [0.05, 0.1) is 0 Å². The Balaban J connectivity index is 1.79. The van der Waals surface area contributed by atoms with E-state index in [4.69, 9.17) is 0 Å². The van der Waals surface area contributed by atoms with Crippen LogP contribution in [0.3, 0.4) is 0 Å². The molecule has 0 unspecified atom stereocenters. The van der Waals surface area contributed by atoms with Crippen LogP contribution >= 0.6 is 0 Å². The topological polar surface area (TPSA) is 78.0 Å². The number of fused-ring (bicyclic) bond motifs is 1. The van der Waals surface area contributed by atoms with Crippen LogP contribution in [0.4, 0.5) is 10.5 Å². The lowest BCUT2D eigenvalue weighted by Crippen LogP contribution is -2.45. The Labute approximate surface area is 139 Å². The van der Waals surface area contributed by atoms with Crippen LogP contribution in [0.5, 0.6) is 0 Å². The molecule has 7 heteroatoms. The molecule has 2 aliphatic heterocycles. The average Bonchev–Trinajstić information content (AvgIpc) is 2.99. The van der Waals surface area contributed by atoms with Crippen molar-refractivity contribution in [2.24, 2.45) is 0 Å². The van der Waals surface area contributed by atoms with E-state index in [2.05, 4.69) is 0 Å². The highest BCUT2D eigenvalue weighted by atomic mass is 16.2. The number of anilines is 1. The normalized spacial score (nSPS) is 20.2. The molecule has 5 amide bonds. The van der Waals surface area contributed by atoms with Gasteiger partial charge >= 0.3 is 17.8 Å². The summed E-state index contributed by atoms with van der Waals surface area (Å²) in [5.41, 5.74) is 1.85. The van der Waals surface area contributed by atoms with Gasteiger partial charge in [-0.25, -0.2) is 9.69 Å². The van der Waals surface area contributed by atoms with Crippen LogP contribution < -0.4 is 4.90 Å². The van der Waals surface area contributed by atoms with E-state index in [0.29, 0.717) is 6.42 Å². The molecule has 0 saturated carbocycles. The third-order valence-corrected chi connectivity index (χ3v) is 4.35. The number of urea groups is 1. The van der Waals surface area contributed by atoms with Crippen molar-refractivity contribution in [3.63, 3.8) is 0 Å².